The lowest BCUT2D eigenvalue weighted by molar-refractivity contribution is -0.133. The molecule has 2 aromatic carbocycles. The van der Waals surface area contributed by atoms with E-state index >= 15 is 0 Å². The van der Waals surface area contributed by atoms with E-state index in [1.54, 1.807) is 16.4 Å². The van der Waals surface area contributed by atoms with Gasteiger partial charge in [-0.15, -0.1) is 0 Å². The van der Waals surface area contributed by atoms with E-state index in [-0.39, 0.29) is 35.8 Å². The molecule has 9 heteroatoms. The molecule has 1 aromatic heterocycles. The number of fused-ring (bicyclic) bond motifs is 1. The number of rotatable bonds is 8. The summed E-state index contributed by atoms with van der Waals surface area (Å²) in [5, 5.41) is 6.52. The van der Waals surface area contributed by atoms with Crippen molar-refractivity contribution in [3.05, 3.63) is 88.5 Å². The zero-order valence-corrected chi connectivity index (χ0v) is 20.8. The Bertz CT molecular complexity index is 1290. The Morgan fingerprint density at radius 1 is 1.06 bits per heavy atom. The van der Waals surface area contributed by atoms with Gasteiger partial charge in [-0.1, -0.05) is 54.1 Å². The van der Waals surface area contributed by atoms with E-state index in [9.17, 15) is 14.4 Å². The highest BCUT2D eigenvalue weighted by molar-refractivity contribution is 6.30. The van der Waals surface area contributed by atoms with Gasteiger partial charge in [-0.3, -0.25) is 14.4 Å². The number of hydrogen-bond acceptors (Lipinski definition) is 4. The van der Waals surface area contributed by atoms with E-state index in [1.165, 1.54) is 6.33 Å². The largest absolute Gasteiger partial charge is 0.350 e. The van der Waals surface area contributed by atoms with Crippen LogP contribution >= 0.6 is 11.6 Å². The van der Waals surface area contributed by atoms with Crippen LogP contribution in [0.25, 0.3) is 0 Å². The van der Waals surface area contributed by atoms with Crippen molar-refractivity contribution in [3.8, 4) is 0 Å². The maximum absolute atomic E-state index is 13.7. The first-order valence-corrected chi connectivity index (χ1v) is 12.5. The highest BCUT2D eigenvalue weighted by Crippen LogP contribution is 2.38. The van der Waals surface area contributed by atoms with Gasteiger partial charge < -0.3 is 20.1 Å². The van der Waals surface area contributed by atoms with Gasteiger partial charge in [-0.05, 0) is 49.4 Å². The van der Waals surface area contributed by atoms with Gasteiger partial charge >= 0.3 is 0 Å². The summed E-state index contributed by atoms with van der Waals surface area (Å²) in [5.74, 6) is -0.958. The summed E-state index contributed by atoms with van der Waals surface area (Å²) in [5.41, 5.74) is 1.27. The maximum Gasteiger partial charge on any atom is 0.274 e. The number of hydrogen-bond donors (Lipinski definition) is 2. The van der Waals surface area contributed by atoms with Crippen molar-refractivity contribution in [2.24, 2.45) is 0 Å². The van der Waals surface area contributed by atoms with Crippen LogP contribution in [0, 0.1) is 0 Å². The van der Waals surface area contributed by atoms with Gasteiger partial charge in [0.05, 0.1) is 12.9 Å². The van der Waals surface area contributed by atoms with Gasteiger partial charge in [-0.2, -0.15) is 0 Å². The average Bonchev–Trinajstić information content (AvgIpc) is 3.61. The van der Waals surface area contributed by atoms with Crippen LogP contribution in [-0.2, 0) is 24.3 Å². The van der Waals surface area contributed by atoms with Crippen LogP contribution in [0.5, 0.6) is 0 Å². The van der Waals surface area contributed by atoms with E-state index in [0.717, 1.165) is 24.0 Å². The molecule has 0 spiro atoms. The van der Waals surface area contributed by atoms with Crippen molar-refractivity contribution in [2.75, 3.05) is 6.54 Å². The zero-order valence-electron chi connectivity index (χ0n) is 20.0. The Kier molecular flexibility index (Phi) is 6.53. The number of halogens is 1. The van der Waals surface area contributed by atoms with Crippen molar-refractivity contribution in [1.82, 2.24) is 25.1 Å². The first kappa shape index (κ1) is 24.1. The summed E-state index contributed by atoms with van der Waals surface area (Å²) in [6.07, 6.45) is 3.78. The number of benzene rings is 2. The molecule has 3 aromatic rings. The molecule has 1 aliphatic heterocycles. The summed E-state index contributed by atoms with van der Waals surface area (Å²) in [6, 6.07) is 17.1. The second kappa shape index (κ2) is 9.78. The van der Waals surface area contributed by atoms with Crippen LogP contribution in [-0.4, -0.2) is 50.3 Å². The van der Waals surface area contributed by atoms with Crippen molar-refractivity contribution < 1.29 is 14.4 Å². The van der Waals surface area contributed by atoms with Crippen LogP contribution in [0.1, 0.15) is 51.9 Å². The summed E-state index contributed by atoms with van der Waals surface area (Å²) in [4.78, 5) is 46.0. The highest BCUT2D eigenvalue weighted by atomic mass is 35.5. The molecule has 186 valence electrons. The lowest BCUT2D eigenvalue weighted by atomic mass is 9.93. The number of carbonyl (C=O) groups is 3. The van der Waals surface area contributed by atoms with Crippen molar-refractivity contribution in [1.29, 1.82) is 0 Å². The normalized spacial score (nSPS) is 19.1. The number of amides is 3. The number of imidazole rings is 1. The Hall–Kier alpha value is -3.65. The van der Waals surface area contributed by atoms with E-state index in [1.807, 2.05) is 54.6 Å². The van der Waals surface area contributed by atoms with Gasteiger partial charge in [0.25, 0.3) is 11.8 Å². The minimum absolute atomic E-state index is 0.0190. The molecule has 8 nitrogen and oxygen atoms in total. The summed E-state index contributed by atoms with van der Waals surface area (Å²) < 4.78 is 1.64. The molecule has 5 rings (SSSR count). The van der Waals surface area contributed by atoms with Gasteiger partial charge in [0.15, 0.2) is 5.69 Å². The molecule has 1 saturated carbocycles. The summed E-state index contributed by atoms with van der Waals surface area (Å²) in [6.45, 7) is 2.79. The van der Waals surface area contributed by atoms with Gasteiger partial charge in [0.1, 0.15) is 11.2 Å². The van der Waals surface area contributed by atoms with E-state index < -0.39 is 11.4 Å². The maximum atomic E-state index is 13.7. The van der Waals surface area contributed by atoms with Crippen LogP contribution in [0.2, 0.25) is 5.02 Å². The van der Waals surface area contributed by atoms with E-state index in [4.69, 9.17) is 11.6 Å². The lowest BCUT2D eigenvalue weighted by Gasteiger charge is -2.44. The molecule has 2 aliphatic rings. The van der Waals surface area contributed by atoms with Crippen LogP contribution in [0.15, 0.2) is 60.9 Å². The Morgan fingerprint density at radius 2 is 1.78 bits per heavy atom. The fourth-order valence-electron chi connectivity index (χ4n) is 4.75. The molecule has 1 unspecified atom stereocenters. The molecular weight excluding hydrogens is 478 g/mol. The van der Waals surface area contributed by atoms with Crippen molar-refractivity contribution in [3.63, 3.8) is 0 Å². The third-order valence-electron chi connectivity index (χ3n) is 6.79. The molecular formula is C27H28ClN5O3. The van der Waals surface area contributed by atoms with Gasteiger partial charge in [0.2, 0.25) is 5.91 Å². The van der Waals surface area contributed by atoms with Gasteiger partial charge in [0, 0.05) is 24.2 Å². The Labute approximate surface area is 214 Å². The lowest BCUT2D eigenvalue weighted by Crippen LogP contribution is -2.64. The van der Waals surface area contributed by atoms with E-state index in [2.05, 4.69) is 15.6 Å². The quantitative estimate of drug-likeness (QED) is 0.491. The molecule has 0 radical (unpaired) electrons. The molecule has 1 aliphatic carbocycles. The number of aromatic nitrogens is 2. The molecule has 2 heterocycles. The second-order valence-electron chi connectivity index (χ2n) is 9.55. The minimum Gasteiger partial charge on any atom is -0.350 e. The predicted octanol–water partition coefficient (Wildman–Crippen LogP) is 3.20. The SMILES string of the molecule is CC1(C(=O)NCc2ccccc2)Cn2cnc(C(=O)NCCc3ccc(Cl)cc3)c2C(=O)N1C1CC1. The number of nitrogens with one attached hydrogen (secondary N) is 2. The smallest absolute Gasteiger partial charge is 0.274 e. The predicted molar refractivity (Wildman–Crippen MR) is 136 cm³/mol. The topological polar surface area (TPSA) is 96.3 Å². The zero-order chi connectivity index (χ0) is 25.3. The molecule has 0 saturated heterocycles. The Balaban J connectivity index is 1.31. The minimum atomic E-state index is -1.08. The second-order valence-corrected chi connectivity index (χ2v) is 9.99. The summed E-state index contributed by atoms with van der Waals surface area (Å²) >= 11 is 5.93. The molecule has 1 atom stereocenters. The molecule has 0 bridgehead atoms. The molecule has 3 amide bonds. The third kappa shape index (κ3) is 4.73. The first-order valence-electron chi connectivity index (χ1n) is 12.1. The molecule has 1 fully saturated rings. The standard InChI is InChI=1S/C27H28ClN5O3/c1-27(26(36)30-15-19-5-3-2-4-6-19)16-32-17-31-22(23(32)25(35)33(27)21-11-12-21)24(34)29-14-13-18-7-9-20(28)10-8-18/h2-10,17,21H,11-16H2,1H3,(H,29,34)(H,30,36). The monoisotopic (exact) mass is 505 g/mol. The first-order chi connectivity index (χ1) is 17.4. The van der Waals surface area contributed by atoms with Crippen molar-refractivity contribution >= 4 is 29.3 Å². The van der Waals surface area contributed by atoms with Crippen LogP contribution < -0.4 is 10.6 Å². The van der Waals surface area contributed by atoms with Crippen molar-refractivity contribution in [2.45, 2.75) is 50.9 Å². The molecule has 36 heavy (non-hydrogen) atoms. The Morgan fingerprint density at radius 3 is 2.47 bits per heavy atom. The highest BCUT2D eigenvalue weighted by Gasteiger charge is 2.53. The number of carbonyl (C=O) groups excluding carboxylic acids is 3. The van der Waals surface area contributed by atoms with E-state index in [0.29, 0.717) is 24.5 Å². The van der Waals surface area contributed by atoms with Crippen LogP contribution in [0.4, 0.5) is 0 Å². The molecule has 2 N–H and O–H groups in total. The fourth-order valence-corrected chi connectivity index (χ4v) is 4.87. The summed E-state index contributed by atoms with van der Waals surface area (Å²) in [7, 11) is 0. The fraction of sp³-hybridized carbons (Fsp3) is 0.333. The van der Waals surface area contributed by atoms with Crippen LogP contribution in [0.3, 0.4) is 0 Å². The van der Waals surface area contributed by atoms with Gasteiger partial charge in [-0.25, -0.2) is 4.98 Å². The third-order valence-corrected chi connectivity index (χ3v) is 7.05. The number of nitrogens with zero attached hydrogens (tertiary/aromatic N) is 3. The average molecular weight is 506 g/mol.